The highest BCUT2D eigenvalue weighted by molar-refractivity contribution is 7.42. The number of anilines is 1. The Morgan fingerprint density at radius 1 is 1.52 bits per heavy atom. The zero-order chi connectivity index (χ0) is 16.8. The Balaban J connectivity index is 2.26. The van der Waals surface area contributed by atoms with Crippen LogP contribution in [0.25, 0.3) is 5.57 Å². The molecule has 0 aromatic heterocycles. The second-order valence-corrected chi connectivity index (χ2v) is 7.12. The number of nitrogens with zero attached hydrogens (tertiary/aromatic N) is 1. The number of carbonyl (C=O) groups excluding carboxylic acids is 1. The molecule has 0 radical (unpaired) electrons. The molecule has 5 heteroatoms. The van der Waals surface area contributed by atoms with Crippen molar-refractivity contribution in [3.05, 3.63) is 35.1 Å². The van der Waals surface area contributed by atoms with E-state index in [-0.39, 0.29) is 11.9 Å². The lowest BCUT2D eigenvalue weighted by Crippen LogP contribution is -2.40. The average Bonchev–Trinajstić information content (AvgIpc) is 2.54. The second-order valence-electron chi connectivity index (χ2n) is 5.92. The fraction of sp³-hybridized carbons (Fsp3) is 0.444. The van der Waals surface area contributed by atoms with Crippen molar-refractivity contribution in [1.29, 1.82) is 5.41 Å². The van der Waals surface area contributed by atoms with Crippen LogP contribution in [0.5, 0.6) is 0 Å². The van der Waals surface area contributed by atoms with Gasteiger partial charge in [0.2, 0.25) is 5.91 Å². The average molecular weight is 331 g/mol. The topological polar surface area (TPSA) is 56.2 Å². The molecule has 2 N–H and O–H groups in total. The zero-order valence-electron chi connectivity index (χ0n) is 14.1. The van der Waals surface area contributed by atoms with E-state index in [0.29, 0.717) is 8.58 Å². The minimum atomic E-state index is 0.0996. The fourth-order valence-electron chi connectivity index (χ4n) is 3.00. The van der Waals surface area contributed by atoms with Crippen molar-refractivity contribution in [2.45, 2.75) is 32.7 Å². The maximum Gasteiger partial charge on any atom is 0.224 e. The number of carbonyl (C=O) groups is 1. The molecule has 1 unspecified atom stereocenters. The number of amides is 1. The van der Waals surface area contributed by atoms with Gasteiger partial charge < -0.3 is 15.6 Å². The first-order valence-electron chi connectivity index (χ1n) is 8.10. The number of aryl methyl sites for hydroxylation is 1. The molecule has 0 bridgehead atoms. The van der Waals surface area contributed by atoms with Crippen LogP contribution in [0.3, 0.4) is 0 Å². The summed E-state index contributed by atoms with van der Waals surface area (Å²) in [5.74, 6) is 2.25. The first kappa shape index (κ1) is 17.8. The molecule has 1 aliphatic heterocycles. The lowest BCUT2D eigenvalue weighted by molar-refractivity contribution is -0.117. The van der Waals surface area contributed by atoms with Crippen molar-refractivity contribution >= 4 is 32.0 Å². The summed E-state index contributed by atoms with van der Waals surface area (Å²) in [6.07, 6.45) is 4.50. The predicted octanol–water partition coefficient (Wildman–Crippen LogP) is 3.26. The first-order valence-corrected chi connectivity index (χ1v) is 9.38. The highest BCUT2D eigenvalue weighted by Crippen LogP contribution is 2.33. The molecule has 124 valence electrons. The van der Waals surface area contributed by atoms with Crippen LogP contribution in [0.2, 0.25) is 0 Å². The number of hydrogen-bond donors (Lipinski definition) is 2. The molecule has 2 rings (SSSR count). The van der Waals surface area contributed by atoms with Gasteiger partial charge in [-0.15, -0.1) is 0 Å². The molecule has 1 aromatic rings. The predicted molar refractivity (Wildman–Crippen MR) is 101 cm³/mol. The Bertz CT molecular complexity index is 612. The van der Waals surface area contributed by atoms with Gasteiger partial charge in [-0.1, -0.05) is 20.5 Å². The van der Waals surface area contributed by atoms with E-state index in [0.717, 1.165) is 42.4 Å². The minimum absolute atomic E-state index is 0.0996. The van der Waals surface area contributed by atoms with E-state index >= 15 is 0 Å². The van der Waals surface area contributed by atoms with Crippen LogP contribution in [0, 0.1) is 5.41 Å². The van der Waals surface area contributed by atoms with Gasteiger partial charge in [0.25, 0.3) is 0 Å². The van der Waals surface area contributed by atoms with E-state index in [4.69, 9.17) is 5.41 Å². The van der Waals surface area contributed by atoms with Crippen molar-refractivity contribution in [1.82, 2.24) is 5.32 Å². The van der Waals surface area contributed by atoms with Gasteiger partial charge in [-0.2, -0.15) is 0 Å². The molecular formula is C18H26N3OP. The van der Waals surface area contributed by atoms with Gasteiger partial charge in [0, 0.05) is 24.9 Å². The van der Waals surface area contributed by atoms with E-state index in [2.05, 4.69) is 24.1 Å². The highest BCUT2D eigenvalue weighted by atomic mass is 31.1. The molecule has 23 heavy (non-hydrogen) atoms. The van der Waals surface area contributed by atoms with Crippen molar-refractivity contribution in [2.24, 2.45) is 0 Å². The summed E-state index contributed by atoms with van der Waals surface area (Å²) in [5.41, 5.74) is 4.29. The van der Waals surface area contributed by atoms with Crippen LogP contribution in [0.15, 0.2) is 24.0 Å². The molecule has 1 aliphatic rings. The van der Waals surface area contributed by atoms with E-state index in [1.807, 2.05) is 24.1 Å². The summed E-state index contributed by atoms with van der Waals surface area (Å²) in [7, 11) is 2.66. The lowest BCUT2D eigenvalue weighted by atomic mass is 9.93. The van der Waals surface area contributed by atoms with Crippen molar-refractivity contribution < 1.29 is 4.79 Å². The van der Waals surface area contributed by atoms with Crippen molar-refractivity contribution in [2.75, 3.05) is 24.7 Å². The van der Waals surface area contributed by atoms with Crippen LogP contribution in [-0.4, -0.2) is 37.9 Å². The van der Waals surface area contributed by atoms with Gasteiger partial charge in [0.1, 0.15) is 0 Å². The Kier molecular flexibility index (Phi) is 6.49. The zero-order valence-corrected chi connectivity index (χ0v) is 15.1. The largest absolute Gasteiger partial charge is 0.319 e. The molecule has 0 saturated heterocycles. The van der Waals surface area contributed by atoms with E-state index in [1.165, 1.54) is 11.8 Å². The maximum absolute atomic E-state index is 11.9. The first-order chi connectivity index (χ1) is 11.1. The third-order valence-electron chi connectivity index (χ3n) is 4.22. The highest BCUT2D eigenvalue weighted by Gasteiger charge is 2.26. The summed E-state index contributed by atoms with van der Waals surface area (Å²) in [5, 5.41) is 10.8. The molecule has 1 amide bonds. The SMILES string of the molecule is CNCCP/C=C(\C=N)c1ccc2c(c1)CC[C@H](C)N2C(C)=O. The second kappa shape index (κ2) is 8.37. The monoisotopic (exact) mass is 331 g/mol. The van der Waals surface area contributed by atoms with Gasteiger partial charge in [-0.25, -0.2) is 0 Å². The van der Waals surface area contributed by atoms with Gasteiger partial charge >= 0.3 is 0 Å². The Hall–Kier alpha value is -1.51. The van der Waals surface area contributed by atoms with Crippen LogP contribution >= 0.6 is 8.58 Å². The number of hydrogen-bond acceptors (Lipinski definition) is 3. The van der Waals surface area contributed by atoms with Gasteiger partial charge in [-0.05, 0) is 68.4 Å². The quantitative estimate of drug-likeness (QED) is 0.477. The Labute approximate surface area is 140 Å². The van der Waals surface area contributed by atoms with Gasteiger partial charge in [-0.3, -0.25) is 4.79 Å². The molecule has 2 atom stereocenters. The molecular weight excluding hydrogens is 305 g/mol. The summed E-state index contributed by atoms with van der Waals surface area (Å²) in [6.45, 7) is 4.73. The number of allylic oxidation sites excluding steroid dienone is 1. The van der Waals surface area contributed by atoms with Gasteiger partial charge in [0.05, 0.1) is 0 Å². The van der Waals surface area contributed by atoms with Crippen LogP contribution in [-0.2, 0) is 11.2 Å². The molecule has 1 aromatic carbocycles. The number of fused-ring (bicyclic) bond motifs is 1. The molecule has 1 heterocycles. The molecule has 0 aliphatic carbocycles. The van der Waals surface area contributed by atoms with Crippen molar-refractivity contribution in [3.8, 4) is 0 Å². The van der Waals surface area contributed by atoms with Gasteiger partial charge in [0.15, 0.2) is 0 Å². The third-order valence-corrected chi connectivity index (χ3v) is 5.27. The van der Waals surface area contributed by atoms with Crippen molar-refractivity contribution in [3.63, 3.8) is 0 Å². The number of rotatable bonds is 6. The summed E-state index contributed by atoms with van der Waals surface area (Å²) >= 11 is 0. The van der Waals surface area contributed by atoms with Crippen LogP contribution in [0.1, 0.15) is 31.4 Å². The standard InChI is InChI=1S/C18H26N3OP/c1-13-4-5-16-10-15(6-7-18(16)21(13)14(2)22)17(11-19)12-23-9-8-20-3/h6-7,10-13,19-20,23H,4-5,8-9H2,1-3H3/b17-12+,19-11?/t13-/m0/s1. The smallest absolute Gasteiger partial charge is 0.224 e. The van der Waals surface area contributed by atoms with Crippen LogP contribution in [0.4, 0.5) is 5.69 Å². The fourth-order valence-corrected chi connectivity index (χ4v) is 4.01. The van der Waals surface area contributed by atoms with E-state index in [1.54, 1.807) is 6.92 Å². The normalized spacial score (nSPS) is 18.3. The molecule has 0 fully saturated rings. The number of benzene rings is 1. The third kappa shape index (κ3) is 4.27. The number of nitrogens with one attached hydrogen (secondary N) is 2. The molecule has 4 nitrogen and oxygen atoms in total. The summed E-state index contributed by atoms with van der Waals surface area (Å²) in [6, 6.07) is 6.48. The Morgan fingerprint density at radius 3 is 2.96 bits per heavy atom. The van der Waals surface area contributed by atoms with E-state index in [9.17, 15) is 4.79 Å². The van der Waals surface area contributed by atoms with Crippen LogP contribution < -0.4 is 10.2 Å². The Morgan fingerprint density at radius 2 is 2.30 bits per heavy atom. The molecule has 0 spiro atoms. The lowest BCUT2D eigenvalue weighted by Gasteiger charge is -2.34. The minimum Gasteiger partial charge on any atom is -0.319 e. The maximum atomic E-state index is 11.9. The summed E-state index contributed by atoms with van der Waals surface area (Å²) < 4.78 is 0. The summed E-state index contributed by atoms with van der Waals surface area (Å²) in [4.78, 5) is 13.8. The van der Waals surface area contributed by atoms with E-state index < -0.39 is 0 Å². The molecule has 0 saturated carbocycles.